The van der Waals surface area contributed by atoms with Crippen LogP contribution in [0.5, 0.6) is 0 Å². The number of ether oxygens (including phenoxy) is 1. The van der Waals surface area contributed by atoms with Gasteiger partial charge in [-0.25, -0.2) is 4.79 Å². The van der Waals surface area contributed by atoms with Crippen LogP contribution >= 0.6 is 0 Å². The number of aldehydes is 1. The number of aliphatic hydroxyl groups is 1. The van der Waals surface area contributed by atoms with Crippen molar-refractivity contribution >= 4 is 18.0 Å². The average Bonchev–Trinajstić information content (AvgIpc) is 2.58. The summed E-state index contributed by atoms with van der Waals surface area (Å²) in [6, 6.07) is 6.70. The molecule has 0 heterocycles. The Bertz CT molecular complexity index is 746. The fraction of sp³-hybridized carbons (Fsp3) is 0.316. The summed E-state index contributed by atoms with van der Waals surface area (Å²) in [7, 11) is 1.27. The molecule has 0 amide bonds. The van der Waals surface area contributed by atoms with E-state index in [2.05, 4.69) is 4.74 Å². The van der Waals surface area contributed by atoms with E-state index in [0.29, 0.717) is 23.0 Å². The second-order valence-corrected chi connectivity index (χ2v) is 6.19. The van der Waals surface area contributed by atoms with Gasteiger partial charge in [-0.3, -0.25) is 4.79 Å². The summed E-state index contributed by atoms with van der Waals surface area (Å²) >= 11 is 0. The number of carbonyl (C=O) groups excluding carboxylic acids is 3. The van der Waals surface area contributed by atoms with E-state index in [0.717, 1.165) is 0 Å². The van der Waals surface area contributed by atoms with Crippen molar-refractivity contribution in [3.05, 3.63) is 59.2 Å². The van der Waals surface area contributed by atoms with Gasteiger partial charge in [0.25, 0.3) is 0 Å². The number of esters is 1. The number of carbonyl (C=O) groups is 3. The highest BCUT2D eigenvalue weighted by Crippen LogP contribution is 2.48. The van der Waals surface area contributed by atoms with E-state index in [1.807, 2.05) is 0 Å². The molecule has 0 radical (unpaired) electrons. The number of hydrogen-bond acceptors (Lipinski definition) is 5. The Morgan fingerprint density at radius 1 is 1.33 bits per heavy atom. The van der Waals surface area contributed by atoms with E-state index in [1.165, 1.54) is 19.3 Å². The third-order valence-electron chi connectivity index (χ3n) is 4.43. The lowest BCUT2D eigenvalue weighted by Gasteiger charge is -2.43. The predicted octanol–water partition coefficient (Wildman–Crippen LogP) is 2.34. The zero-order valence-corrected chi connectivity index (χ0v) is 13.9. The minimum atomic E-state index is -1.65. The first-order valence-electron chi connectivity index (χ1n) is 7.54. The average molecular weight is 328 g/mol. The molecular weight excluding hydrogens is 308 g/mol. The summed E-state index contributed by atoms with van der Waals surface area (Å²) in [5, 5.41) is 11.3. The molecule has 1 aliphatic rings. The first kappa shape index (κ1) is 17.8. The second-order valence-electron chi connectivity index (χ2n) is 6.19. The van der Waals surface area contributed by atoms with Gasteiger partial charge in [0.05, 0.1) is 12.5 Å². The summed E-state index contributed by atoms with van der Waals surface area (Å²) in [5.74, 6) is -0.693. The van der Waals surface area contributed by atoms with Gasteiger partial charge in [-0.2, -0.15) is 0 Å². The lowest BCUT2D eigenvalue weighted by Crippen LogP contribution is -2.49. The highest BCUT2D eigenvalue weighted by molar-refractivity contribution is 6.02. The zero-order valence-electron chi connectivity index (χ0n) is 13.9. The maximum atomic E-state index is 12.3. The second kappa shape index (κ2) is 6.53. The summed E-state index contributed by atoms with van der Waals surface area (Å²) < 4.78 is 4.56. The SMILES string of the molecule is COC(=O)/C=C(C)\C=C\[C@]1(O)c2ccccc2C(=O)C[C@]1(C)C=O. The third-order valence-corrected chi connectivity index (χ3v) is 4.43. The number of benzene rings is 1. The van der Waals surface area contributed by atoms with Crippen molar-refractivity contribution in [3.8, 4) is 0 Å². The number of rotatable bonds is 4. The van der Waals surface area contributed by atoms with E-state index in [4.69, 9.17) is 0 Å². The molecule has 126 valence electrons. The van der Waals surface area contributed by atoms with Gasteiger partial charge in [-0.15, -0.1) is 0 Å². The van der Waals surface area contributed by atoms with Crippen molar-refractivity contribution in [2.75, 3.05) is 7.11 Å². The molecule has 0 fully saturated rings. The number of fused-ring (bicyclic) bond motifs is 1. The lowest BCUT2D eigenvalue weighted by atomic mass is 9.62. The number of Topliss-reactive ketones (excluding diaryl/α,β-unsaturated/α-hetero) is 1. The van der Waals surface area contributed by atoms with E-state index in [-0.39, 0.29) is 12.2 Å². The van der Waals surface area contributed by atoms with E-state index >= 15 is 0 Å². The molecule has 5 heteroatoms. The number of allylic oxidation sites excluding steroid dienone is 2. The molecule has 0 bridgehead atoms. The van der Waals surface area contributed by atoms with E-state index in [1.54, 1.807) is 44.2 Å². The Labute approximate surface area is 140 Å². The molecule has 0 saturated carbocycles. The molecular formula is C19H20O5. The van der Waals surface area contributed by atoms with Crippen LogP contribution in [0.4, 0.5) is 0 Å². The lowest BCUT2D eigenvalue weighted by molar-refractivity contribution is -0.135. The number of methoxy groups -OCH3 is 1. The first-order valence-corrected chi connectivity index (χ1v) is 7.54. The molecule has 0 saturated heterocycles. The van der Waals surface area contributed by atoms with Crippen molar-refractivity contribution in [2.45, 2.75) is 25.9 Å². The fourth-order valence-electron chi connectivity index (χ4n) is 2.89. The van der Waals surface area contributed by atoms with Crippen LogP contribution < -0.4 is 0 Å². The summed E-state index contributed by atoms with van der Waals surface area (Å²) in [6.45, 7) is 3.23. The highest BCUT2D eigenvalue weighted by Gasteiger charge is 2.52. The van der Waals surface area contributed by atoms with Gasteiger partial charge in [0, 0.05) is 18.1 Å². The van der Waals surface area contributed by atoms with Gasteiger partial charge in [-0.1, -0.05) is 30.3 Å². The number of hydrogen-bond donors (Lipinski definition) is 1. The molecule has 2 atom stereocenters. The molecule has 5 nitrogen and oxygen atoms in total. The Morgan fingerprint density at radius 3 is 2.62 bits per heavy atom. The van der Waals surface area contributed by atoms with Crippen molar-refractivity contribution in [3.63, 3.8) is 0 Å². The molecule has 0 unspecified atom stereocenters. The summed E-state index contributed by atoms with van der Waals surface area (Å²) in [4.78, 5) is 35.3. The van der Waals surface area contributed by atoms with Crippen LogP contribution in [0.2, 0.25) is 0 Å². The molecule has 0 aromatic heterocycles. The monoisotopic (exact) mass is 328 g/mol. The first-order chi connectivity index (χ1) is 11.3. The summed E-state index contributed by atoms with van der Waals surface area (Å²) in [6.07, 6.45) is 4.81. The standard InChI is InChI=1S/C19H20O5/c1-13(10-17(22)24-3)8-9-19(23)15-7-5-4-6-14(15)16(21)11-18(19,2)12-20/h4-10,12,23H,11H2,1-3H3/b9-8+,13-10-/t18-,19+/m1/s1. The van der Waals surface area contributed by atoms with Crippen LogP contribution in [-0.2, 0) is 19.9 Å². The quantitative estimate of drug-likeness (QED) is 0.397. The van der Waals surface area contributed by atoms with Gasteiger partial charge in [0.2, 0.25) is 0 Å². The topological polar surface area (TPSA) is 80.7 Å². The van der Waals surface area contributed by atoms with E-state index in [9.17, 15) is 19.5 Å². The van der Waals surface area contributed by atoms with Crippen molar-refractivity contribution < 1.29 is 24.2 Å². The molecule has 0 aliphatic heterocycles. The van der Waals surface area contributed by atoms with Crippen molar-refractivity contribution in [2.24, 2.45) is 5.41 Å². The molecule has 1 aliphatic carbocycles. The number of ketones is 1. The highest BCUT2D eigenvalue weighted by atomic mass is 16.5. The van der Waals surface area contributed by atoms with Gasteiger partial charge < -0.3 is 14.6 Å². The molecule has 1 N–H and O–H groups in total. The zero-order chi connectivity index (χ0) is 18.0. The van der Waals surface area contributed by atoms with Crippen LogP contribution in [0.3, 0.4) is 0 Å². The van der Waals surface area contributed by atoms with Gasteiger partial charge in [-0.05, 0) is 31.1 Å². The Morgan fingerprint density at radius 2 is 2.00 bits per heavy atom. The molecule has 24 heavy (non-hydrogen) atoms. The Kier molecular flexibility index (Phi) is 4.85. The summed E-state index contributed by atoms with van der Waals surface area (Å²) in [5.41, 5.74) is -1.60. The minimum absolute atomic E-state index is 0.0892. The molecule has 1 aromatic rings. The van der Waals surface area contributed by atoms with Crippen LogP contribution in [0.1, 0.15) is 36.2 Å². The smallest absolute Gasteiger partial charge is 0.330 e. The molecule has 1 aromatic carbocycles. The van der Waals surface area contributed by atoms with Crippen LogP contribution in [0.15, 0.2) is 48.1 Å². The maximum absolute atomic E-state index is 12.3. The Balaban J connectivity index is 2.56. The third kappa shape index (κ3) is 2.95. The van der Waals surface area contributed by atoms with Crippen LogP contribution in [-0.4, -0.2) is 30.3 Å². The largest absolute Gasteiger partial charge is 0.466 e. The minimum Gasteiger partial charge on any atom is -0.466 e. The van der Waals surface area contributed by atoms with Gasteiger partial charge >= 0.3 is 5.97 Å². The normalized spacial score (nSPS) is 27.0. The molecule has 2 rings (SSSR count). The fourth-order valence-corrected chi connectivity index (χ4v) is 2.89. The van der Waals surface area contributed by atoms with Gasteiger partial charge in [0.15, 0.2) is 5.78 Å². The van der Waals surface area contributed by atoms with Crippen molar-refractivity contribution in [1.29, 1.82) is 0 Å². The van der Waals surface area contributed by atoms with Crippen LogP contribution in [0.25, 0.3) is 0 Å². The van der Waals surface area contributed by atoms with Gasteiger partial charge in [0.1, 0.15) is 11.9 Å². The van der Waals surface area contributed by atoms with E-state index < -0.39 is 17.0 Å². The van der Waals surface area contributed by atoms with Crippen molar-refractivity contribution in [1.82, 2.24) is 0 Å². The maximum Gasteiger partial charge on any atom is 0.330 e. The van der Waals surface area contributed by atoms with Crippen LogP contribution in [0, 0.1) is 5.41 Å². The Hall–Kier alpha value is -2.53. The predicted molar refractivity (Wildman–Crippen MR) is 88.4 cm³/mol. The molecule has 0 spiro atoms.